The van der Waals surface area contributed by atoms with Gasteiger partial charge in [-0.1, -0.05) is 13.8 Å². The number of rotatable bonds is 12. The first-order valence-electron chi connectivity index (χ1n) is 12.6. The highest BCUT2D eigenvalue weighted by Gasteiger charge is 2.50. The van der Waals surface area contributed by atoms with E-state index in [1.54, 1.807) is 33.1 Å². The van der Waals surface area contributed by atoms with E-state index in [0.29, 0.717) is 22.8 Å². The Morgan fingerprint density at radius 3 is 2.31 bits per heavy atom. The van der Waals surface area contributed by atoms with Crippen LogP contribution in [0.4, 0.5) is 0 Å². The van der Waals surface area contributed by atoms with Crippen LogP contribution < -0.4 is 4.74 Å². The van der Waals surface area contributed by atoms with Crippen LogP contribution in [-0.2, 0) is 19.6 Å². The van der Waals surface area contributed by atoms with Crippen LogP contribution in [-0.4, -0.2) is 95.1 Å². The van der Waals surface area contributed by atoms with Crippen molar-refractivity contribution in [1.82, 2.24) is 14.1 Å². The fourth-order valence-corrected chi connectivity index (χ4v) is 6.98. The van der Waals surface area contributed by atoms with Gasteiger partial charge in [0, 0.05) is 26.7 Å². The molecule has 1 aliphatic heterocycles. The Kier molecular flexibility index (Phi) is 8.89. The molecule has 1 heterocycles. The summed E-state index contributed by atoms with van der Waals surface area (Å²) >= 11 is 0. The maximum absolute atomic E-state index is 13.1. The van der Waals surface area contributed by atoms with E-state index in [4.69, 9.17) is 9.47 Å². The highest BCUT2D eigenvalue weighted by Crippen LogP contribution is 2.50. The summed E-state index contributed by atoms with van der Waals surface area (Å²) in [6.07, 6.45) is 3.54. The fourth-order valence-electron chi connectivity index (χ4n) is 5.42. The summed E-state index contributed by atoms with van der Waals surface area (Å²) < 4.78 is 38.4. The van der Waals surface area contributed by atoms with Crippen LogP contribution in [0.25, 0.3) is 0 Å². The van der Waals surface area contributed by atoms with Gasteiger partial charge in [0.15, 0.2) is 0 Å². The molecule has 2 atom stereocenters. The second-order valence-electron chi connectivity index (χ2n) is 10.7. The van der Waals surface area contributed by atoms with Crippen molar-refractivity contribution < 1.29 is 22.7 Å². The van der Waals surface area contributed by atoms with Crippen molar-refractivity contribution in [2.75, 3.05) is 60.6 Å². The minimum absolute atomic E-state index is 0.0456. The lowest BCUT2D eigenvalue weighted by Gasteiger charge is -2.56. The molecule has 1 aromatic rings. The average Bonchev–Trinajstić information content (AvgIpc) is 2.75. The number of benzene rings is 1. The Balaban J connectivity index is 1.45. The standard InChI is InChI=1S/C26H43N3O5S/c1-19-15-22(33-7)16-20(2)25(19)35(31,32)27(5)13-14-34-18-24(30)28(6)23-17-21(26(23,3)4)9-12-29-10-8-11-29/h15-16,21,23H,8-14,17-18H2,1-7H3/t21-,23+/m1/s1. The van der Waals surface area contributed by atoms with E-state index in [1.807, 2.05) is 11.9 Å². The number of likely N-dealkylation sites (N-methyl/N-ethyl adjacent to an activating group) is 2. The zero-order valence-corrected chi connectivity index (χ0v) is 23.3. The van der Waals surface area contributed by atoms with Crippen molar-refractivity contribution in [2.24, 2.45) is 11.3 Å². The lowest BCUT2D eigenvalue weighted by atomic mass is 9.57. The number of carbonyl (C=O) groups excluding carboxylic acids is 1. The van der Waals surface area contributed by atoms with Crippen molar-refractivity contribution in [2.45, 2.75) is 57.9 Å². The lowest BCUT2D eigenvalue weighted by molar-refractivity contribution is -0.148. The molecule has 0 aromatic heterocycles. The molecule has 0 spiro atoms. The van der Waals surface area contributed by atoms with E-state index in [2.05, 4.69) is 18.7 Å². The Morgan fingerprint density at radius 1 is 1.17 bits per heavy atom. The number of sulfonamides is 1. The number of amides is 1. The maximum atomic E-state index is 13.1. The summed E-state index contributed by atoms with van der Waals surface area (Å²) in [6, 6.07) is 3.65. The number of hydrogen-bond acceptors (Lipinski definition) is 6. The summed E-state index contributed by atoms with van der Waals surface area (Å²) in [5.74, 6) is 1.20. The van der Waals surface area contributed by atoms with Gasteiger partial charge in [-0.05, 0) is 87.3 Å². The van der Waals surface area contributed by atoms with Gasteiger partial charge in [-0.3, -0.25) is 4.79 Å². The van der Waals surface area contributed by atoms with Crippen molar-refractivity contribution >= 4 is 15.9 Å². The molecule has 0 radical (unpaired) electrons. The van der Waals surface area contributed by atoms with Crippen LogP contribution in [0.5, 0.6) is 5.75 Å². The van der Waals surface area contributed by atoms with Crippen molar-refractivity contribution in [3.05, 3.63) is 23.3 Å². The molecule has 1 aromatic carbocycles. The van der Waals surface area contributed by atoms with Gasteiger partial charge in [-0.2, -0.15) is 4.31 Å². The molecule has 1 saturated heterocycles. The summed E-state index contributed by atoms with van der Waals surface area (Å²) in [7, 11) is 1.27. The first-order chi connectivity index (χ1) is 16.4. The zero-order chi connectivity index (χ0) is 26.0. The quantitative estimate of drug-likeness (QED) is 0.403. The molecular formula is C26H43N3O5S. The van der Waals surface area contributed by atoms with E-state index < -0.39 is 10.0 Å². The second kappa shape index (κ2) is 11.2. The van der Waals surface area contributed by atoms with Gasteiger partial charge in [0.2, 0.25) is 15.9 Å². The minimum Gasteiger partial charge on any atom is -0.497 e. The molecule has 1 amide bonds. The van der Waals surface area contributed by atoms with Crippen molar-refractivity contribution in [1.29, 1.82) is 0 Å². The van der Waals surface area contributed by atoms with Crippen LogP contribution in [0.15, 0.2) is 17.0 Å². The number of ether oxygens (including phenoxy) is 2. The van der Waals surface area contributed by atoms with Crippen molar-refractivity contribution in [3.63, 3.8) is 0 Å². The Bertz CT molecular complexity index is 983. The summed E-state index contributed by atoms with van der Waals surface area (Å²) in [5.41, 5.74) is 1.37. The third kappa shape index (κ3) is 6.01. The number of methoxy groups -OCH3 is 1. The number of carbonyl (C=O) groups is 1. The number of hydrogen-bond donors (Lipinski definition) is 0. The molecule has 3 rings (SSSR count). The van der Waals surface area contributed by atoms with E-state index >= 15 is 0 Å². The summed E-state index contributed by atoms with van der Waals surface area (Å²) in [6.45, 7) is 11.9. The first-order valence-corrected chi connectivity index (χ1v) is 14.0. The molecular weight excluding hydrogens is 466 g/mol. The maximum Gasteiger partial charge on any atom is 0.248 e. The highest BCUT2D eigenvalue weighted by atomic mass is 32.2. The van der Waals surface area contributed by atoms with Crippen LogP contribution in [0.1, 0.15) is 44.2 Å². The molecule has 2 aliphatic rings. The molecule has 0 N–H and O–H groups in total. The first kappa shape index (κ1) is 27.9. The van der Waals surface area contributed by atoms with Gasteiger partial charge in [0.25, 0.3) is 0 Å². The smallest absolute Gasteiger partial charge is 0.248 e. The SMILES string of the molecule is COc1cc(C)c(S(=O)(=O)N(C)CCOCC(=O)N(C)[C@H]2C[C@@H](CCN3CCC3)C2(C)C)c(C)c1. The fraction of sp³-hybridized carbons (Fsp3) is 0.731. The monoisotopic (exact) mass is 509 g/mol. The van der Waals surface area contributed by atoms with Gasteiger partial charge in [-0.15, -0.1) is 0 Å². The Hall–Kier alpha value is -1.68. The Morgan fingerprint density at radius 2 is 1.80 bits per heavy atom. The lowest BCUT2D eigenvalue weighted by Crippen LogP contribution is -2.59. The topological polar surface area (TPSA) is 79.4 Å². The molecule has 2 fully saturated rings. The van der Waals surface area contributed by atoms with Crippen molar-refractivity contribution in [3.8, 4) is 5.75 Å². The van der Waals surface area contributed by atoms with Crippen LogP contribution in [0.2, 0.25) is 0 Å². The van der Waals surface area contributed by atoms with Crippen LogP contribution in [0.3, 0.4) is 0 Å². The predicted octanol–water partition coefficient (Wildman–Crippen LogP) is 2.92. The molecule has 0 bridgehead atoms. The van der Waals surface area contributed by atoms with Gasteiger partial charge in [-0.25, -0.2) is 8.42 Å². The largest absolute Gasteiger partial charge is 0.497 e. The third-order valence-electron chi connectivity index (χ3n) is 8.14. The van der Waals surface area contributed by atoms with Gasteiger partial charge < -0.3 is 19.3 Å². The summed E-state index contributed by atoms with van der Waals surface area (Å²) in [4.78, 5) is 17.4. The number of nitrogens with zero attached hydrogens (tertiary/aromatic N) is 3. The molecule has 1 aliphatic carbocycles. The molecule has 8 nitrogen and oxygen atoms in total. The average molecular weight is 510 g/mol. The number of likely N-dealkylation sites (tertiary alicyclic amines) is 1. The van der Waals surface area contributed by atoms with E-state index in [9.17, 15) is 13.2 Å². The highest BCUT2D eigenvalue weighted by molar-refractivity contribution is 7.89. The number of aryl methyl sites for hydroxylation is 2. The van der Waals surface area contributed by atoms with Gasteiger partial charge in [0.1, 0.15) is 12.4 Å². The molecule has 198 valence electrons. The van der Waals surface area contributed by atoms with E-state index in [1.165, 1.54) is 37.3 Å². The van der Waals surface area contributed by atoms with E-state index in [-0.39, 0.29) is 42.0 Å². The second-order valence-corrected chi connectivity index (χ2v) is 12.7. The normalized spacial score (nSPS) is 21.9. The zero-order valence-electron chi connectivity index (χ0n) is 22.5. The Labute approximate surface area is 211 Å². The predicted molar refractivity (Wildman–Crippen MR) is 137 cm³/mol. The molecule has 9 heteroatoms. The molecule has 35 heavy (non-hydrogen) atoms. The molecule has 1 saturated carbocycles. The minimum atomic E-state index is -3.68. The van der Waals surface area contributed by atoms with Gasteiger partial charge >= 0.3 is 0 Å². The van der Waals surface area contributed by atoms with Crippen LogP contribution in [0, 0.1) is 25.2 Å². The third-order valence-corrected chi connectivity index (χ3v) is 10.3. The van der Waals surface area contributed by atoms with Crippen LogP contribution >= 0.6 is 0 Å². The van der Waals surface area contributed by atoms with Gasteiger partial charge in [0.05, 0.1) is 18.6 Å². The summed E-state index contributed by atoms with van der Waals surface area (Å²) in [5, 5.41) is 0. The molecule has 0 unspecified atom stereocenters. The van der Waals surface area contributed by atoms with E-state index in [0.717, 1.165) is 13.0 Å².